The van der Waals surface area contributed by atoms with Crippen LogP contribution >= 0.6 is 0 Å². The first-order valence-corrected chi connectivity index (χ1v) is 10.4. The summed E-state index contributed by atoms with van der Waals surface area (Å²) in [6.45, 7) is 7.34. The number of fused-ring (bicyclic) bond motifs is 3. The van der Waals surface area contributed by atoms with E-state index in [1.165, 1.54) is 19.3 Å². The lowest BCUT2D eigenvalue weighted by Gasteiger charge is -2.11. The maximum Gasteiger partial charge on any atom is 0.132 e. The minimum absolute atomic E-state index is 0.324. The molecule has 0 saturated carbocycles. The number of aromatic nitrogens is 3. The molecule has 0 aliphatic rings. The lowest BCUT2D eigenvalue weighted by molar-refractivity contribution is -0.119. The Balaban J connectivity index is 1.75. The Hall–Kier alpha value is -2.23. The third-order valence-corrected chi connectivity index (χ3v) is 5.19. The average Bonchev–Trinajstić information content (AvgIpc) is 3.09. The van der Waals surface area contributed by atoms with Gasteiger partial charge in [0.1, 0.15) is 11.3 Å². The molecule has 27 heavy (non-hydrogen) atoms. The fraction of sp³-hybridized carbons (Fsp3) is 0.522. The number of para-hydroxylation sites is 1. The van der Waals surface area contributed by atoms with Crippen LogP contribution in [0.5, 0.6) is 0 Å². The fourth-order valence-electron chi connectivity index (χ4n) is 3.70. The number of nitrogens with zero attached hydrogens (tertiary/aromatic N) is 3. The van der Waals surface area contributed by atoms with Crippen molar-refractivity contribution < 1.29 is 4.79 Å². The SMILES string of the molecule is CCCCCCC(=O)CCCn1cnc2c(C(C)C)nc3ccccc3c21. The highest BCUT2D eigenvalue weighted by Crippen LogP contribution is 2.29. The highest BCUT2D eigenvalue weighted by Gasteiger charge is 2.16. The first-order chi connectivity index (χ1) is 13.1. The highest BCUT2D eigenvalue weighted by atomic mass is 16.1. The van der Waals surface area contributed by atoms with Gasteiger partial charge in [0.25, 0.3) is 0 Å². The summed E-state index contributed by atoms with van der Waals surface area (Å²) < 4.78 is 2.20. The Morgan fingerprint density at radius 1 is 1.07 bits per heavy atom. The molecule has 0 unspecified atom stereocenters. The molecule has 1 aromatic carbocycles. The van der Waals surface area contributed by atoms with Gasteiger partial charge in [0.2, 0.25) is 0 Å². The van der Waals surface area contributed by atoms with E-state index in [0.717, 1.165) is 53.4 Å². The van der Waals surface area contributed by atoms with Gasteiger partial charge in [0.15, 0.2) is 0 Å². The Morgan fingerprint density at radius 3 is 2.63 bits per heavy atom. The van der Waals surface area contributed by atoms with Crippen LogP contribution in [0.4, 0.5) is 0 Å². The first-order valence-electron chi connectivity index (χ1n) is 10.4. The molecular weight excluding hydrogens is 334 g/mol. The maximum atomic E-state index is 12.1. The number of pyridine rings is 1. The minimum atomic E-state index is 0.324. The van der Waals surface area contributed by atoms with Crippen molar-refractivity contribution in [1.29, 1.82) is 0 Å². The Kier molecular flexibility index (Phi) is 6.59. The second kappa shape index (κ2) is 9.12. The molecule has 3 aromatic rings. The summed E-state index contributed by atoms with van der Waals surface area (Å²) in [6, 6.07) is 8.27. The van der Waals surface area contributed by atoms with Gasteiger partial charge in [-0.05, 0) is 24.8 Å². The Labute approximate surface area is 162 Å². The molecule has 4 heteroatoms. The van der Waals surface area contributed by atoms with Crippen molar-refractivity contribution in [3.63, 3.8) is 0 Å². The van der Waals surface area contributed by atoms with E-state index in [2.05, 4.69) is 48.5 Å². The molecule has 0 aliphatic carbocycles. The van der Waals surface area contributed by atoms with E-state index in [4.69, 9.17) is 4.98 Å². The van der Waals surface area contributed by atoms with E-state index < -0.39 is 0 Å². The number of imidazole rings is 1. The topological polar surface area (TPSA) is 47.8 Å². The van der Waals surface area contributed by atoms with Crippen LogP contribution in [0.3, 0.4) is 0 Å². The lowest BCUT2D eigenvalue weighted by atomic mass is 10.1. The van der Waals surface area contributed by atoms with Crippen LogP contribution in [-0.2, 0) is 11.3 Å². The summed E-state index contributed by atoms with van der Waals surface area (Å²) >= 11 is 0. The van der Waals surface area contributed by atoms with Gasteiger partial charge in [-0.3, -0.25) is 9.78 Å². The van der Waals surface area contributed by atoms with Crippen molar-refractivity contribution in [2.24, 2.45) is 0 Å². The van der Waals surface area contributed by atoms with Crippen LogP contribution in [0.1, 0.15) is 77.3 Å². The summed E-state index contributed by atoms with van der Waals surface area (Å²) in [5, 5.41) is 1.14. The molecule has 4 nitrogen and oxygen atoms in total. The number of carbonyl (C=O) groups excluding carboxylic acids is 1. The Bertz CT molecular complexity index is 911. The smallest absolute Gasteiger partial charge is 0.132 e. The third kappa shape index (κ3) is 4.55. The number of aryl methyl sites for hydroxylation is 1. The van der Waals surface area contributed by atoms with Gasteiger partial charge >= 0.3 is 0 Å². The third-order valence-electron chi connectivity index (χ3n) is 5.19. The van der Waals surface area contributed by atoms with E-state index in [1.54, 1.807) is 0 Å². The lowest BCUT2D eigenvalue weighted by Crippen LogP contribution is -2.03. The number of benzene rings is 1. The zero-order valence-corrected chi connectivity index (χ0v) is 16.9. The zero-order chi connectivity index (χ0) is 19.2. The van der Waals surface area contributed by atoms with E-state index in [0.29, 0.717) is 18.1 Å². The van der Waals surface area contributed by atoms with E-state index in [-0.39, 0.29) is 0 Å². The van der Waals surface area contributed by atoms with Crippen molar-refractivity contribution >= 4 is 27.7 Å². The van der Waals surface area contributed by atoms with Gasteiger partial charge in [-0.2, -0.15) is 0 Å². The summed E-state index contributed by atoms with van der Waals surface area (Å²) in [5.41, 5.74) is 4.21. The van der Waals surface area contributed by atoms with Crippen molar-refractivity contribution in [3.8, 4) is 0 Å². The van der Waals surface area contributed by atoms with E-state index in [1.807, 2.05) is 12.4 Å². The standard InChI is InChI=1S/C23H31N3O/c1-4-5-6-7-11-18(27)12-10-15-26-16-24-22-21(17(2)3)25-20-14-9-8-13-19(20)23(22)26/h8-9,13-14,16-17H,4-7,10-12,15H2,1-3H3. The normalized spacial score (nSPS) is 11.7. The number of rotatable bonds is 10. The molecule has 0 bridgehead atoms. The van der Waals surface area contributed by atoms with Crippen molar-refractivity contribution in [1.82, 2.24) is 14.5 Å². The van der Waals surface area contributed by atoms with Crippen LogP contribution in [0, 0.1) is 0 Å². The van der Waals surface area contributed by atoms with Gasteiger partial charge in [0, 0.05) is 24.8 Å². The van der Waals surface area contributed by atoms with Crippen molar-refractivity contribution in [2.45, 2.75) is 78.2 Å². The van der Waals surface area contributed by atoms with Gasteiger partial charge in [-0.15, -0.1) is 0 Å². The largest absolute Gasteiger partial charge is 0.330 e. The quantitative estimate of drug-likeness (QED) is 0.412. The summed E-state index contributed by atoms with van der Waals surface area (Å²) in [7, 11) is 0. The molecule has 2 heterocycles. The van der Waals surface area contributed by atoms with E-state index in [9.17, 15) is 4.79 Å². The number of hydrogen-bond acceptors (Lipinski definition) is 3. The number of ketones is 1. The molecule has 0 N–H and O–H groups in total. The number of hydrogen-bond donors (Lipinski definition) is 0. The summed E-state index contributed by atoms with van der Waals surface area (Å²) in [5.74, 6) is 0.718. The van der Waals surface area contributed by atoms with Crippen molar-refractivity contribution in [3.05, 3.63) is 36.3 Å². The predicted molar refractivity (Wildman–Crippen MR) is 112 cm³/mol. The molecule has 0 fully saturated rings. The van der Waals surface area contributed by atoms with Crippen molar-refractivity contribution in [2.75, 3.05) is 0 Å². The molecule has 0 atom stereocenters. The molecule has 0 radical (unpaired) electrons. The molecule has 144 valence electrons. The molecular formula is C23H31N3O. The monoisotopic (exact) mass is 365 g/mol. The highest BCUT2D eigenvalue weighted by molar-refractivity contribution is 6.03. The Morgan fingerprint density at radius 2 is 1.85 bits per heavy atom. The zero-order valence-electron chi connectivity index (χ0n) is 16.9. The maximum absolute atomic E-state index is 12.1. The molecule has 0 saturated heterocycles. The number of carbonyl (C=O) groups is 1. The minimum Gasteiger partial charge on any atom is -0.330 e. The summed E-state index contributed by atoms with van der Waals surface area (Å²) in [4.78, 5) is 21.6. The molecule has 0 aliphatic heterocycles. The number of Topliss-reactive ketones (excluding diaryl/α,β-unsaturated/α-hetero) is 1. The van der Waals surface area contributed by atoms with Gasteiger partial charge in [-0.25, -0.2) is 4.98 Å². The number of unbranched alkanes of at least 4 members (excludes halogenated alkanes) is 3. The van der Waals surface area contributed by atoms with Gasteiger partial charge in [0.05, 0.1) is 23.1 Å². The predicted octanol–water partition coefficient (Wildman–Crippen LogP) is 6.03. The second-order valence-electron chi connectivity index (χ2n) is 7.76. The first kappa shape index (κ1) is 19.5. The van der Waals surface area contributed by atoms with Crippen LogP contribution in [0.25, 0.3) is 21.9 Å². The molecule has 2 aromatic heterocycles. The van der Waals surface area contributed by atoms with Crippen LogP contribution in [0.15, 0.2) is 30.6 Å². The van der Waals surface area contributed by atoms with E-state index >= 15 is 0 Å². The molecule has 0 amide bonds. The fourth-order valence-corrected chi connectivity index (χ4v) is 3.70. The van der Waals surface area contributed by atoms with Crippen LogP contribution < -0.4 is 0 Å². The second-order valence-corrected chi connectivity index (χ2v) is 7.76. The molecule has 3 rings (SSSR count). The molecule has 0 spiro atoms. The van der Waals surface area contributed by atoms with Crippen LogP contribution in [-0.4, -0.2) is 20.3 Å². The van der Waals surface area contributed by atoms with Gasteiger partial charge < -0.3 is 4.57 Å². The summed E-state index contributed by atoms with van der Waals surface area (Å²) in [6.07, 6.45) is 8.82. The average molecular weight is 366 g/mol. The van der Waals surface area contributed by atoms with Gasteiger partial charge in [-0.1, -0.05) is 58.2 Å². The van der Waals surface area contributed by atoms with Crippen LogP contribution in [0.2, 0.25) is 0 Å².